The molecule has 0 atom stereocenters. The molecule has 2 aromatic rings. The second kappa shape index (κ2) is 6.11. The molecule has 98 valence electrons. The van der Waals surface area contributed by atoms with Crippen molar-refractivity contribution in [3.05, 3.63) is 61.1 Å². The number of rotatable bonds is 2. The summed E-state index contributed by atoms with van der Waals surface area (Å²) in [7, 11) is 0. The lowest BCUT2D eigenvalue weighted by Crippen LogP contribution is -2.14. The number of carbonyl (C=O) groups excluding carboxylic acids is 1. The lowest BCUT2D eigenvalue weighted by atomic mass is 10.1. The van der Waals surface area contributed by atoms with Gasteiger partial charge in [0, 0.05) is 19.2 Å². The van der Waals surface area contributed by atoms with Gasteiger partial charge in [-0.15, -0.1) is 0 Å². The highest BCUT2D eigenvalue weighted by Gasteiger charge is 2.11. The summed E-state index contributed by atoms with van der Waals surface area (Å²) in [6.07, 6.45) is 0. The minimum atomic E-state index is -0.158. The first kappa shape index (κ1) is 14.6. The number of hydrogen-bond donors (Lipinski definition) is 1. The summed E-state index contributed by atoms with van der Waals surface area (Å²) in [6, 6.07) is 10.5. The maximum Gasteiger partial charge on any atom is 0.255 e. The molecule has 2 rings (SSSR count). The molecule has 0 saturated carbocycles. The molecule has 0 aliphatic heterocycles. The number of hydrogen-bond acceptors (Lipinski definition) is 1. The van der Waals surface area contributed by atoms with Gasteiger partial charge in [-0.25, -0.2) is 0 Å². The molecule has 0 aromatic heterocycles. The van der Waals surface area contributed by atoms with Gasteiger partial charge in [0.25, 0.3) is 5.91 Å². The first-order chi connectivity index (χ1) is 8.97. The minimum Gasteiger partial charge on any atom is -0.321 e. The van der Waals surface area contributed by atoms with Crippen LogP contribution in [0, 0.1) is 10.5 Å². The highest BCUT2D eigenvalue weighted by molar-refractivity contribution is 14.1. The van der Waals surface area contributed by atoms with Crippen LogP contribution in [0.25, 0.3) is 0 Å². The number of amides is 1. The Morgan fingerprint density at radius 2 is 1.74 bits per heavy atom. The van der Waals surface area contributed by atoms with Crippen LogP contribution in [0.5, 0.6) is 0 Å². The molecule has 19 heavy (non-hydrogen) atoms. The van der Waals surface area contributed by atoms with Crippen molar-refractivity contribution < 1.29 is 4.79 Å². The third kappa shape index (κ3) is 3.61. The molecule has 5 heteroatoms. The van der Waals surface area contributed by atoms with Gasteiger partial charge in [0.15, 0.2) is 0 Å². The zero-order chi connectivity index (χ0) is 14.0. The number of benzene rings is 2. The van der Waals surface area contributed by atoms with Gasteiger partial charge >= 0.3 is 0 Å². The smallest absolute Gasteiger partial charge is 0.255 e. The summed E-state index contributed by atoms with van der Waals surface area (Å²) in [5.41, 5.74) is 2.19. The molecular formula is C14H10Cl2INO. The van der Waals surface area contributed by atoms with E-state index in [2.05, 4.69) is 27.9 Å². The third-order valence-electron chi connectivity index (χ3n) is 2.61. The van der Waals surface area contributed by atoms with E-state index in [0.717, 1.165) is 14.8 Å². The molecule has 0 unspecified atom stereocenters. The first-order valence-corrected chi connectivity index (χ1v) is 7.33. The van der Waals surface area contributed by atoms with Crippen LogP contribution in [0.1, 0.15) is 15.9 Å². The van der Waals surface area contributed by atoms with Gasteiger partial charge in [-0.2, -0.15) is 0 Å². The fourth-order valence-electron chi connectivity index (χ4n) is 1.66. The average Bonchev–Trinajstić information content (AvgIpc) is 2.32. The molecule has 0 spiro atoms. The van der Waals surface area contributed by atoms with Crippen LogP contribution in [0.2, 0.25) is 10.0 Å². The SMILES string of the molecule is Cc1cc(Cl)ccc1C(=O)Nc1ccc(Cl)cc1I. The Balaban J connectivity index is 2.25. The maximum absolute atomic E-state index is 12.2. The normalized spacial score (nSPS) is 10.3. The van der Waals surface area contributed by atoms with E-state index >= 15 is 0 Å². The van der Waals surface area contributed by atoms with Crippen molar-refractivity contribution in [1.82, 2.24) is 0 Å². The summed E-state index contributed by atoms with van der Waals surface area (Å²) in [5, 5.41) is 4.13. The van der Waals surface area contributed by atoms with Crippen molar-refractivity contribution in [3.8, 4) is 0 Å². The summed E-state index contributed by atoms with van der Waals surface area (Å²) >= 11 is 13.9. The summed E-state index contributed by atoms with van der Waals surface area (Å²) in [6.45, 7) is 1.85. The van der Waals surface area contributed by atoms with Crippen molar-refractivity contribution in [2.45, 2.75) is 6.92 Å². The predicted molar refractivity (Wildman–Crippen MR) is 88.3 cm³/mol. The van der Waals surface area contributed by atoms with Crippen molar-refractivity contribution in [1.29, 1.82) is 0 Å². The Bertz CT molecular complexity index is 643. The largest absolute Gasteiger partial charge is 0.321 e. The van der Waals surface area contributed by atoms with Crippen LogP contribution in [0.15, 0.2) is 36.4 Å². The zero-order valence-electron chi connectivity index (χ0n) is 10.0. The highest BCUT2D eigenvalue weighted by atomic mass is 127. The second-order valence-electron chi connectivity index (χ2n) is 4.04. The van der Waals surface area contributed by atoms with Crippen LogP contribution in [0.3, 0.4) is 0 Å². The standard InChI is InChI=1S/C14H10Cl2INO/c1-8-6-9(15)2-4-11(8)14(19)18-13-5-3-10(16)7-12(13)17/h2-7H,1H3,(H,18,19). The van der Waals surface area contributed by atoms with Gasteiger partial charge in [0.1, 0.15) is 0 Å². The number of nitrogens with one attached hydrogen (secondary N) is 1. The molecule has 0 heterocycles. The van der Waals surface area contributed by atoms with E-state index in [-0.39, 0.29) is 5.91 Å². The third-order valence-corrected chi connectivity index (χ3v) is 3.98. The monoisotopic (exact) mass is 405 g/mol. The van der Waals surface area contributed by atoms with Gasteiger partial charge in [-0.05, 0) is 71.5 Å². The van der Waals surface area contributed by atoms with Gasteiger partial charge < -0.3 is 5.32 Å². The molecule has 0 aliphatic rings. The quantitative estimate of drug-likeness (QED) is 0.687. The van der Waals surface area contributed by atoms with Gasteiger partial charge in [0.2, 0.25) is 0 Å². The van der Waals surface area contributed by atoms with Crippen LogP contribution in [0.4, 0.5) is 5.69 Å². The maximum atomic E-state index is 12.2. The molecule has 2 aromatic carbocycles. The summed E-state index contributed by atoms with van der Waals surface area (Å²) in [5.74, 6) is -0.158. The molecule has 0 bridgehead atoms. The number of aryl methyl sites for hydroxylation is 1. The van der Waals surface area contributed by atoms with Crippen LogP contribution in [-0.4, -0.2) is 5.91 Å². The van der Waals surface area contributed by atoms with Crippen LogP contribution >= 0.6 is 45.8 Å². The van der Waals surface area contributed by atoms with Crippen LogP contribution < -0.4 is 5.32 Å². The molecule has 1 amide bonds. The fraction of sp³-hybridized carbons (Fsp3) is 0.0714. The topological polar surface area (TPSA) is 29.1 Å². The van der Waals surface area contributed by atoms with E-state index in [1.54, 1.807) is 36.4 Å². The number of anilines is 1. The Kier molecular flexibility index (Phi) is 4.71. The number of halogens is 3. The molecule has 1 N–H and O–H groups in total. The molecule has 0 saturated heterocycles. The van der Waals surface area contributed by atoms with Crippen molar-refractivity contribution in [2.24, 2.45) is 0 Å². The van der Waals surface area contributed by atoms with E-state index in [4.69, 9.17) is 23.2 Å². The lowest BCUT2D eigenvalue weighted by molar-refractivity contribution is 0.102. The molecular weight excluding hydrogens is 396 g/mol. The van der Waals surface area contributed by atoms with E-state index < -0.39 is 0 Å². The Labute approximate surface area is 135 Å². The second-order valence-corrected chi connectivity index (χ2v) is 6.07. The van der Waals surface area contributed by atoms with E-state index in [1.165, 1.54) is 0 Å². The number of carbonyl (C=O) groups is 1. The van der Waals surface area contributed by atoms with Crippen LogP contribution in [-0.2, 0) is 0 Å². The van der Waals surface area contributed by atoms with Crippen molar-refractivity contribution in [2.75, 3.05) is 5.32 Å². The zero-order valence-corrected chi connectivity index (χ0v) is 13.7. The Morgan fingerprint density at radius 3 is 2.37 bits per heavy atom. The summed E-state index contributed by atoms with van der Waals surface area (Å²) < 4.78 is 0.894. The van der Waals surface area contributed by atoms with Gasteiger partial charge in [0.05, 0.1) is 5.69 Å². The van der Waals surface area contributed by atoms with E-state index in [1.807, 2.05) is 6.92 Å². The molecule has 2 nitrogen and oxygen atoms in total. The fourth-order valence-corrected chi connectivity index (χ4v) is 2.90. The van der Waals surface area contributed by atoms with E-state index in [0.29, 0.717) is 15.6 Å². The van der Waals surface area contributed by atoms with Gasteiger partial charge in [-0.1, -0.05) is 23.2 Å². The highest BCUT2D eigenvalue weighted by Crippen LogP contribution is 2.23. The van der Waals surface area contributed by atoms with Crippen molar-refractivity contribution >= 4 is 57.4 Å². The Morgan fingerprint density at radius 1 is 1.11 bits per heavy atom. The van der Waals surface area contributed by atoms with E-state index in [9.17, 15) is 4.79 Å². The molecule has 0 fully saturated rings. The predicted octanol–water partition coefficient (Wildman–Crippen LogP) is 5.16. The minimum absolute atomic E-state index is 0.158. The summed E-state index contributed by atoms with van der Waals surface area (Å²) in [4.78, 5) is 12.2. The average molecular weight is 406 g/mol. The first-order valence-electron chi connectivity index (χ1n) is 5.50. The Hall–Kier alpha value is -0.780. The van der Waals surface area contributed by atoms with Gasteiger partial charge in [-0.3, -0.25) is 4.79 Å². The molecule has 0 radical (unpaired) electrons. The lowest BCUT2D eigenvalue weighted by Gasteiger charge is -2.09. The molecule has 0 aliphatic carbocycles. The van der Waals surface area contributed by atoms with Crippen molar-refractivity contribution in [3.63, 3.8) is 0 Å².